The summed E-state index contributed by atoms with van der Waals surface area (Å²) in [6, 6.07) is 13.6. The summed E-state index contributed by atoms with van der Waals surface area (Å²) in [5, 5.41) is 0.740. The number of benzene rings is 2. The first kappa shape index (κ1) is 12.2. The molecule has 4 heteroatoms. The van der Waals surface area contributed by atoms with Crippen molar-refractivity contribution in [2.45, 2.75) is 6.54 Å². The van der Waals surface area contributed by atoms with E-state index in [0.29, 0.717) is 6.73 Å². The summed E-state index contributed by atoms with van der Waals surface area (Å²) in [6.07, 6.45) is 0. The van der Waals surface area contributed by atoms with Crippen molar-refractivity contribution in [3.63, 3.8) is 0 Å². The molecule has 1 aliphatic heterocycles. The topological polar surface area (TPSA) is 21.7 Å². The van der Waals surface area contributed by atoms with Crippen LogP contribution in [0.1, 0.15) is 5.56 Å². The van der Waals surface area contributed by atoms with E-state index in [1.54, 1.807) is 7.11 Å². The fourth-order valence-corrected chi connectivity index (χ4v) is 2.29. The number of anilines is 1. The molecule has 3 nitrogen and oxygen atoms in total. The number of methoxy groups -OCH3 is 1. The van der Waals surface area contributed by atoms with E-state index in [0.717, 1.165) is 34.3 Å². The van der Waals surface area contributed by atoms with E-state index in [-0.39, 0.29) is 0 Å². The van der Waals surface area contributed by atoms with Crippen molar-refractivity contribution in [2.24, 2.45) is 0 Å². The highest BCUT2D eigenvalue weighted by molar-refractivity contribution is 6.30. The summed E-state index contributed by atoms with van der Waals surface area (Å²) in [5.41, 5.74) is 2.22. The molecular weight excluding hydrogens is 262 g/mol. The third-order valence-electron chi connectivity index (χ3n) is 3.20. The molecule has 19 heavy (non-hydrogen) atoms. The first-order valence-corrected chi connectivity index (χ1v) is 6.44. The number of nitrogens with zero attached hydrogens (tertiary/aromatic N) is 1. The van der Waals surface area contributed by atoms with Gasteiger partial charge in [0.1, 0.15) is 11.5 Å². The molecule has 3 rings (SSSR count). The predicted molar refractivity (Wildman–Crippen MR) is 76.1 cm³/mol. The average molecular weight is 276 g/mol. The Balaban J connectivity index is 1.86. The Bertz CT molecular complexity index is 583. The van der Waals surface area contributed by atoms with Crippen LogP contribution in [0.2, 0.25) is 5.02 Å². The third kappa shape index (κ3) is 2.47. The Labute approximate surface area is 117 Å². The van der Waals surface area contributed by atoms with Crippen molar-refractivity contribution in [3.8, 4) is 11.5 Å². The van der Waals surface area contributed by atoms with E-state index in [1.165, 1.54) is 0 Å². The zero-order chi connectivity index (χ0) is 13.2. The van der Waals surface area contributed by atoms with Crippen molar-refractivity contribution in [1.82, 2.24) is 0 Å². The zero-order valence-corrected chi connectivity index (χ0v) is 11.4. The van der Waals surface area contributed by atoms with Gasteiger partial charge in [-0.2, -0.15) is 0 Å². The van der Waals surface area contributed by atoms with Crippen LogP contribution in [0.4, 0.5) is 5.69 Å². The lowest BCUT2D eigenvalue weighted by Crippen LogP contribution is -2.31. The van der Waals surface area contributed by atoms with Crippen LogP contribution in [-0.2, 0) is 6.54 Å². The molecule has 1 heterocycles. The molecule has 0 radical (unpaired) electrons. The van der Waals surface area contributed by atoms with Gasteiger partial charge in [0.15, 0.2) is 6.73 Å². The van der Waals surface area contributed by atoms with Gasteiger partial charge in [0.05, 0.1) is 7.11 Å². The molecule has 0 bridgehead atoms. The van der Waals surface area contributed by atoms with Gasteiger partial charge in [-0.1, -0.05) is 11.6 Å². The number of hydrogen-bond acceptors (Lipinski definition) is 3. The van der Waals surface area contributed by atoms with Gasteiger partial charge in [0.2, 0.25) is 0 Å². The van der Waals surface area contributed by atoms with Crippen molar-refractivity contribution >= 4 is 17.3 Å². The number of rotatable bonds is 2. The van der Waals surface area contributed by atoms with Crippen molar-refractivity contribution in [2.75, 3.05) is 18.7 Å². The van der Waals surface area contributed by atoms with Gasteiger partial charge in [0, 0.05) is 22.8 Å². The Morgan fingerprint density at radius 3 is 2.68 bits per heavy atom. The Hall–Kier alpha value is -1.87. The monoisotopic (exact) mass is 275 g/mol. The lowest BCUT2D eigenvalue weighted by Gasteiger charge is -2.31. The number of halogens is 1. The largest absolute Gasteiger partial charge is 0.497 e. The molecule has 0 amide bonds. The highest BCUT2D eigenvalue weighted by Gasteiger charge is 2.18. The second-order valence-electron chi connectivity index (χ2n) is 4.42. The van der Waals surface area contributed by atoms with Gasteiger partial charge in [-0.05, 0) is 42.5 Å². The van der Waals surface area contributed by atoms with Gasteiger partial charge in [0.25, 0.3) is 0 Å². The maximum atomic E-state index is 5.90. The number of ether oxygens (including phenoxy) is 2. The lowest BCUT2D eigenvalue weighted by molar-refractivity contribution is 0.288. The molecule has 0 aliphatic carbocycles. The molecule has 0 spiro atoms. The second kappa shape index (κ2) is 5.02. The third-order valence-corrected chi connectivity index (χ3v) is 3.45. The van der Waals surface area contributed by atoms with Crippen molar-refractivity contribution in [3.05, 3.63) is 53.1 Å². The molecule has 1 aliphatic rings. The van der Waals surface area contributed by atoms with Crippen LogP contribution in [0.3, 0.4) is 0 Å². The summed E-state index contributed by atoms with van der Waals surface area (Å²) >= 11 is 5.90. The molecule has 0 N–H and O–H groups in total. The van der Waals surface area contributed by atoms with E-state index >= 15 is 0 Å². The van der Waals surface area contributed by atoms with Gasteiger partial charge in [-0.3, -0.25) is 0 Å². The van der Waals surface area contributed by atoms with E-state index < -0.39 is 0 Å². The molecular formula is C15H14ClNO2. The molecule has 0 aromatic heterocycles. The summed E-state index contributed by atoms with van der Waals surface area (Å²) in [7, 11) is 1.67. The highest BCUT2D eigenvalue weighted by Crippen LogP contribution is 2.31. The maximum absolute atomic E-state index is 5.90. The van der Waals surface area contributed by atoms with E-state index in [9.17, 15) is 0 Å². The zero-order valence-electron chi connectivity index (χ0n) is 10.6. The van der Waals surface area contributed by atoms with Crippen LogP contribution in [0.15, 0.2) is 42.5 Å². The molecule has 2 aromatic rings. The van der Waals surface area contributed by atoms with Gasteiger partial charge >= 0.3 is 0 Å². The van der Waals surface area contributed by atoms with Crippen molar-refractivity contribution in [1.29, 1.82) is 0 Å². The first-order chi connectivity index (χ1) is 9.26. The average Bonchev–Trinajstić information content (AvgIpc) is 2.47. The smallest absolute Gasteiger partial charge is 0.161 e. The molecule has 98 valence electrons. The van der Waals surface area contributed by atoms with Crippen LogP contribution in [0.25, 0.3) is 0 Å². The SMILES string of the molecule is COc1ccc2c(c1)CN(c1ccc(Cl)cc1)CO2. The van der Waals surface area contributed by atoms with Crippen LogP contribution < -0.4 is 14.4 Å². The molecule has 0 unspecified atom stereocenters. The molecule has 0 atom stereocenters. The van der Waals surface area contributed by atoms with Gasteiger partial charge in [-0.25, -0.2) is 0 Å². The normalized spacial score (nSPS) is 13.7. The summed E-state index contributed by atoms with van der Waals surface area (Å²) < 4.78 is 11.0. The lowest BCUT2D eigenvalue weighted by atomic mass is 10.1. The summed E-state index contributed by atoms with van der Waals surface area (Å²) in [5.74, 6) is 1.77. The maximum Gasteiger partial charge on any atom is 0.161 e. The predicted octanol–water partition coefficient (Wildman–Crippen LogP) is 3.71. The second-order valence-corrected chi connectivity index (χ2v) is 4.86. The van der Waals surface area contributed by atoms with Crippen LogP contribution in [-0.4, -0.2) is 13.8 Å². The minimum atomic E-state index is 0.543. The summed E-state index contributed by atoms with van der Waals surface area (Å²) in [4.78, 5) is 2.15. The first-order valence-electron chi connectivity index (χ1n) is 6.06. The number of fused-ring (bicyclic) bond motifs is 1. The molecule has 2 aromatic carbocycles. The van der Waals surface area contributed by atoms with Crippen molar-refractivity contribution < 1.29 is 9.47 Å². The standard InChI is InChI=1S/C15H14ClNO2/c1-18-14-6-7-15-11(8-14)9-17(10-19-15)13-4-2-12(16)3-5-13/h2-8H,9-10H2,1H3. The molecule has 0 saturated heterocycles. The minimum Gasteiger partial charge on any atom is -0.497 e. The van der Waals surface area contributed by atoms with E-state index in [4.69, 9.17) is 21.1 Å². The Morgan fingerprint density at radius 2 is 1.95 bits per heavy atom. The van der Waals surface area contributed by atoms with E-state index in [2.05, 4.69) is 4.90 Å². The highest BCUT2D eigenvalue weighted by atomic mass is 35.5. The Morgan fingerprint density at radius 1 is 1.16 bits per heavy atom. The van der Waals surface area contributed by atoms with Gasteiger partial charge < -0.3 is 14.4 Å². The Kier molecular flexibility index (Phi) is 3.22. The van der Waals surface area contributed by atoms with Crippen LogP contribution in [0, 0.1) is 0 Å². The van der Waals surface area contributed by atoms with Gasteiger partial charge in [-0.15, -0.1) is 0 Å². The van der Waals surface area contributed by atoms with E-state index in [1.807, 2.05) is 42.5 Å². The van der Waals surface area contributed by atoms with Crippen LogP contribution in [0.5, 0.6) is 11.5 Å². The quantitative estimate of drug-likeness (QED) is 0.834. The molecule has 0 fully saturated rings. The fraction of sp³-hybridized carbons (Fsp3) is 0.200. The number of hydrogen-bond donors (Lipinski definition) is 0. The molecule has 0 saturated carbocycles. The fourth-order valence-electron chi connectivity index (χ4n) is 2.16. The minimum absolute atomic E-state index is 0.543. The summed E-state index contributed by atoms with van der Waals surface area (Å²) in [6.45, 7) is 1.34. The van der Waals surface area contributed by atoms with Crippen LogP contribution >= 0.6 is 11.6 Å².